The molecule has 0 bridgehead atoms. The highest BCUT2D eigenvalue weighted by Gasteiger charge is 2.19. The van der Waals surface area contributed by atoms with Gasteiger partial charge in [-0.15, -0.1) is 11.3 Å². The molecule has 1 aliphatic rings. The first-order chi connectivity index (χ1) is 8.38. The third-order valence-corrected chi connectivity index (χ3v) is 3.89. The SMILES string of the molecule is CCNCc1nc(CCCCNC2CC2)cs1. The Labute approximate surface area is 108 Å². The Morgan fingerprint density at radius 2 is 2.29 bits per heavy atom. The van der Waals surface area contributed by atoms with E-state index in [4.69, 9.17) is 0 Å². The van der Waals surface area contributed by atoms with Gasteiger partial charge in [0.1, 0.15) is 5.01 Å². The minimum atomic E-state index is 0.848. The summed E-state index contributed by atoms with van der Waals surface area (Å²) in [5.41, 5.74) is 1.27. The van der Waals surface area contributed by atoms with Crippen molar-refractivity contribution in [3.8, 4) is 0 Å². The van der Waals surface area contributed by atoms with Crippen LogP contribution in [0.15, 0.2) is 5.38 Å². The number of hydrogen-bond donors (Lipinski definition) is 2. The smallest absolute Gasteiger partial charge is 0.107 e. The fourth-order valence-electron chi connectivity index (χ4n) is 1.80. The highest BCUT2D eigenvalue weighted by atomic mass is 32.1. The van der Waals surface area contributed by atoms with Crippen LogP contribution in [-0.4, -0.2) is 24.1 Å². The predicted molar refractivity (Wildman–Crippen MR) is 73.5 cm³/mol. The molecule has 0 saturated heterocycles. The summed E-state index contributed by atoms with van der Waals surface area (Å²) in [6.07, 6.45) is 6.44. The molecular formula is C13H23N3S. The van der Waals surface area contributed by atoms with Crippen LogP contribution in [0.4, 0.5) is 0 Å². The predicted octanol–water partition coefficient (Wildman–Crippen LogP) is 2.33. The van der Waals surface area contributed by atoms with Gasteiger partial charge in [-0.25, -0.2) is 4.98 Å². The van der Waals surface area contributed by atoms with Gasteiger partial charge < -0.3 is 10.6 Å². The van der Waals surface area contributed by atoms with E-state index in [-0.39, 0.29) is 0 Å². The average Bonchev–Trinajstić information content (AvgIpc) is 3.05. The molecule has 17 heavy (non-hydrogen) atoms. The zero-order valence-corrected chi connectivity index (χ0v) is 11.5. The Morgan fingerprint density at radius 1 is 1.41 bits per heavy atom. The lowest BCUT2D eigenvalue weighted by Crippen LogP contribution is -2.17. The Hall–Kier alpha value is -0.450. The van der Waals surface area contributed by atoms with Gasteiger partial charge in [0.25, 0.3) is 0 Å². The number of hydrogen-bond acceptors (Lipinski definition) is 4. The van der Waals surface area contributed by atoms with Crippen LogP contribution < -0.4 is 10.6 Å². The zero-order chi connectivity index (χ0) is 11.9. The maximum Gasteiger partial charge on any atom is 0.107 e. The van der Waals surface area contributed by atoms with Gasteiger partial charge in [-0.05, 0) is 45.2 Å². The van der Waals surface area contributed by atoms with Crippen molar-refractivity contribution in [2.24, 2.45) is 0 Å². The van der Waals surface area contributed by atoms with Gasteiger partial charge in [0.15, 0.2) is 0 Å². The first-order valence-electron chi connectivity index (χ1n) is 6.76. The fourth-order valence-corrected chi connectivity index (χ4v) is 2.60. The van der Waals surface area contributed by atoms with Crippen LogP contribution in [0.1, 0.15) is 43.3 Å². The molecule has 1 fully saturated rings. The molecule has 1 saturated carbocycles. The molecule has 0 amide bonds. The molecule has 0 aliphatic heterocycles. The Bertz CT molecular complexity index is 320. The number of nitrogens with one attached hydrogen (secondary N) is 2. The van der Waals surface area contributed by atoms with E-state index in [0.29, 0.717) is 0 Å². The van der Waals surface area contributed by atoms with Crippen molar-refractivity contribution in [2.45, 2.75) is 51.6 Å². The van der Waals surface area contributed by atoms with Gasteiger partial charge >= 0.3 is 0 Å². The molecule has 1 heterocycles. The molecule has 1 aromatic rings. The molecule has 0 atom stereocenters. The van der Waals surface area contributed by atoms with Crippen LogP contribution in [-0.2, 0) is 13.0 Å². The normalized spacial score (nSPS) is 15.4. The summed E-state index contributed by atoms with van der Waals surface area (Å²) < 4.78 is 0. The van der Waals surface area contributed by atoms with E-state index >= 15 is 0 Å². The molecule has 2 N–H and O–H groups in total. The minimum Gasteiger partial charge on any atom is -0.314 e. The Balaban J connectivity index is 1.55. The summed E-state index contributed by atoms with van der Waals surface area (Å²) in [6, 6.07) is 0.848. The van der Waals surface area contributed by atoms with Crippen molar-refractivity contribution in [1.29, 1.82) is 0 Å². The van der Waals surface area contributed by atoms with Gasteiger partial charge in [-0.2, -0.15) is 0 Å². The highest BCUT2D eigenvalue weighted by Crippen LogP contribution is 2.18. The van der Waals surface area contributed by atoms with Crippen molar-refractivity contribution >= 4 is 11.3 Å². The zero-order valence-electron chi connectivity index (χ0n) is 10.7. The second kappa shape index (κ2) is 7.09. The second-order valence-corrected chi connectivity index (χ2v) is 5.64. The van der Waals surface area contributed by atoms with E-state index in [1.54, 1.807) is 11.3 Å². The van der Waals surface area contributed by atoms with Crippen LogP contribution in [0, 0.1) is 0 Å². The van der Waals surface area contributed by atoms with Crippen molar-refractivity contribution in [3.63, 3.8) is 0 Å². The summed E-state index contributed by atoms with van der Waals surface area (Å²) in [6.45, 7) is 5.24. The van der Waals surface area contributed by atoms with E-state index in [1.165, 1.54) is 42.9 Å². The molecule has 0 aromatic carbocycles. The summed E-state index contributed by atoms with van der Waals surface area (Å²) in [7, 11) is 0. The van der Waals surface area contributed by atoms with Crippen LogP contribution in [0.5, 0.6) is 0 Å². The van der Waals surface area contributed by atoms with Gasteiger partial charge in [-0.3, -0.25) is 0 Å². The van der Waals surface area contributed by atoms with Gasteiger partial charge in [0.2, 0.25) is 0 Å². The van der Waals surface area contributed by atoms with E-state index < -0.39 is 0 Å². The number of aryl methyl sites for hydroxylation is 1. The third-order valence-electron chi connectivity index (χ3n) is 3.00. The lowest BCUT2D eigenvalue weighted by atomic mass is 10.2. The second-order valence-electron chi connectivity index (χ2n) is 4.70. The van der Waals surface area contributed by atoms with Crippen molar-refractivity contribution in [3.05, 3.63) is 16.1 Å². The van der Waals surface area contributed by atoms with Gasteiger partial charge in [0, 0.05) is 18.0 Å². The van der Waals surface area contributed by atoms with Crippen LogP contribution in [0.25, 0.3) is 0 Å². The third kappa shape index (κ3) is 5.15. The van der Waals surface area contributed by atoms with Crippen LogP contribution in [0.2, 0.25) is 0 Å². The topological polar surface area (TPSA) is 37.0 Å². The summed E-state index contributed by atoms with van der Waals surface area (Å²) in [4.78, 5) is 4.63. The Kier molecular flexibility index (Phi) is 5.42. The number of unbranched alkanes of at least 4 members (excludes halogenated alkanes) is 1. The van der Waals surface area contributed by atoms with Crippen LogP contribution >= 0.6 is 11.3 Å². The fraction of sp³-hybridized carbons (Fsp3) is 0.769. The van der Waals surface area contributed by atoms with Gasteiger partial charge in [0.05, 0.1) is 5.69 Å². The average molecular weight is 253 g/mol. The van der Waals surface area contributed by atoms with Crippen molar-refractivity contribution in [2.75, 3.05) is 13.1 Å². The highest BCUT2D eigenvalue weighted by molar-refractivity contribution is 7.09. The van der Waals surface area contributed by atoms with Crippen molar-refractivity contribution in [1.82, 2.24) is 15.6 Å². The molecular weight excluding hydrogens is 230 g/mol. The molecule has 0 spiro atoms. The molecule has 1 aliphatic carbocycles. The molecule has 0 radical (unpaired) electrons. The summed E-state index contributed by atoms with van der Waals surface area (Å²) >= 11 is 1.78. The van der Waals surface area contributed by atoms with Crippen molar-refractivity contribution < 1.29 is 0 Å². The molecule has 1 aromatic heterocycles. The number of aromatic nitrogens is 1. The molecule has 96 valence electrons. The molecule has 2 rings (SSSR count). The molecule has 3 nitrogen and oxygen atoms in total. The Morgan fingerprint density at radius 3 is 3.06 bits per heavy atom. The van der Waals surface area contributed by atoms with Crippen LogP contribution in [0.3, 0.4) is 0 Å². The standard InChI is InChI=1S/C13H23N3S/c1-2-14-9-13-16-12(10-17-13)5-3-4-8-15-11-6-7-11/h10-11,14-15H,2-9H2,1H3. The minimum absolute atomic E-state index is 0.848. The first kappa shape index (κ1) is 13.0. The lowest BCUT2D eigenvalue weighted by Gasteiger charge is -2.01. The quantitative estimate of drug-likeness (QED) is 0.663. The number of rotatable bonds is 9. The first-order valence-corrected chi connectivity index (χ1v) is 7.64. The number of thiazole rings is 1. The lowest BCUT2D eigenvalue weighted by molar-refractivity contribution is 0.616. The van der Waals surface area contributed by atoms with E-state index in [1.807, 2.05) is 0 Å². The van der Waals surface area contributed by atoms with E-state index in [0.717, 1.165) is 25.6 Å². The molecule has 0 unspecified atom stereocenters. The summed E-state index contributed by atoms with van der Waals surface area (Å²) in [5.74, 6) is 0. The maximum absolute atomic E-state index is 4.63. The maximum atomic E-state index is 4.63. The van der Waals surface area contributed by atoms with E-state index in [9.17, 15) is 0 Å². The summed E-state index contributed by atoms with van der Waals surface area (Å²) in [5, 5.41) is 10.3. The number of nitrogens with zero attached hydrogens (tertiary/aromatic N) is 1. The monoisotopic (exact) mass is 253 g/mol. The molecule has 4 heteroatoms. The van der Waals surface area contributed by atoms with Gasteiger partial charge in [-0.1, -0.05) is 6.92 Å². The largest absolute Gasteiger partial charge is 0.314 e. The van der Waals surface area contributed by atoms with E-state index in [2.05, 4.69) is 27.9 Å².